The van der Waals surface area contributed by atoms with Gasteiger partial charge in [-0.1, -0.05) is 40.0 Å². The van der Waals surface area contributed by atoms with Crippen LogP contribution < -0.4 is 4.72 Å². The third-order valence-electron chi connectivity index (χ3n) is 3.61. The minimum Gasteiger partial charge on any atom is -0.211 e. The average molecular weight is 346 g/mol. The highest BCUT2D eigenvalue weighted by Crippen LogP contribution is 2.28. The van der Waals surface area contributed by atoms with Crippen LogP contribution in [0, 0.1) is 12.8 Å². The molecule has 2 unspecified atom stereocenters. The third-order valence-corrected chi connectivity index (χ3v) is 5.88. The van der Waals surface area contributed by atoms with Gasteiger partial charge in [0.05, 0.1) is 4.90 Å². The van der Waals surface area contributed by atoms with Gasteiger partial charge in [-0.3, -0.25) is 0 Å². The highest BCUT2D eigenvalue weighted by Gasteiger charge is 2.22. The van der Waals surface area contributed by atoms with E-state index in [9.17, 15) is 8.42 Å². The van der Waals surface area contributed by atoms with Crippen LogP contribution in [0.5, 0.6) is 0 Å². The average Bonchev–Trinajstić information content (AvgIpc) is 2.37. The fraction of sp³-hybridized carbons (Fsp3) is 0.571. The number of halogens is 1. The Balaban J connectivity index is 1.96. The fourth-order valence-corrected chi connectivity index (χ4v) is 4.41. The number of nitrogens with one attached hydrogen (secondary N) is 1. The molecule has 0 heterocycles. The molecule has 0 bridgehead atoms. The molecule has 0 saturated heterocycles. The molecule has 1 aromatic carbocycles. The molecule has 1 N–H and O–H groups in total. The standard InChI is InChI=1S/C14H20BrNO2S/c1-11-5-7-14(8-6-11)19(17,18)16-10-12-3-2-4-13(15)9-12/h5-8,12-13,16H,2-4,9-10H2,1H3. The van der Waals surface area contributed by atoms with Gasteiger partial charge in [0.1, 0.15) is 0 Å². The Labute approximate surface area is 124 Å². The zero-order valence-electron chi connectivity index (χ0n) is 11.1. The van der Waals surface area contributed by atoms with E-state index in [0.29, 0.717) is 22.2 Å². The van der Waals surface area contributed by atoms with Crippen LogP contribution >= 0.6 is 15.9 Å². The van der Waals surface area contributed by atoms with E-state index in [1.165, 1.54) is 12.8 Å². The summed E-state index contributed by atoms with van der Waals surface area (Å²) in [4.78, 5) is 0.888. The summed E-state index contributed by atoms with van der Waals surface area (Å²) in [6.07, 6.45) is 4.53. The molecule has 2 atom stereocenters. The van der Waals surface area contributed by atoms with E-state index < -0.39 is 10.0 Å². The van der Waals surface area contributed by atoms with Gasteiger partial charge in [-0.05, 0) is 44.2 Å². The predicted octanol–water partition coefficient (Wildman–Crippen LogP) is 3.23. The number of aryl methyl sites for hydroxylation is 1. The Morgan fingerprint density at radius 2 is 1.95 bits per heavy atom. The van der Waals surface area contributed by atoms with Crippen LogP contribution in [0.25, 0.3) is 0 Å². The van der Waals surface area contributed by atoms with Crippen LogP contribution in [0.15, 0.2) is 29.2 Å². The lowest BCUT2D eigenvalue weighted by molar-refractivity contribution is 0.368. The maximum Gasteiger partial charge on any atom is 0.240 e. The van der Waals surface area contributed by atoms with Gasteiger partial charge < -0.3 is 0 Å². The van der Waals surface area contributed by atoms with Gasteiger partial charge in [0.2, 0.25) is 10.0 Å². The van der Waals surface area contributed by atoms with E-state index in [1.54, 1.807) is 12.1 Å². The highest BCUT2D eigenvalue weighted by atomic mass is 79.9. The molecule has 0 aliphatic heterocycles. The predicted molar refractivity (Wildman–Crippen MR) is 81.0 cm³/mol. The number of hydrogen-bond acceptors (Lipinski definition) is 2. The number of hydrogen-bond donors (Lipinski definition) is 1. The molecule has 1 aliphatic carbocycles. The Hall–Kier alpha value is -0.390. The maximum atomic E-state index is 12.1. The van der Waals surface area contributed by atoms with E-state index in [0.717, 1.165) is 18.4 Å². The molecule has 0 aromatic heterocycles. The quantitative estimate of drug-likeness (QED) is 0.851. The second-order valence-electron chi connectivity index (χ2n) is 5.29. The van der Waals surface area contributed by atoms with Crippen molar-refractivity contribution < 1.29 is 8.42 Å². The Morgan fingerprint density at radius 1 is 1.26 bits per heavy atom. The van der Waals surface area contributed by atoms with E-state index in [1.807, 2.05) is 19.1 Å². The van der Waals surface area contributed by atoms with Crippen molar-refractivity contribution in [1.82, 2.24) is 4.72 Å². The normalized spacial score (nSPS) is 24.3. The van der Waals surface area contributed by atoms with Crippen LogP contribution in [0.1, 0.15) is 31.2 Å². The largest absolute Gasteiger partial charge is 0.240 e. The molecule has 0 spiro atoms. The van der Waals surface area contributed by atoms with E-state index in [2.05, 4.69) is 20.7 Å². The third kappa shape index (κ3) is 4.29. The molecular weight excluding hydrogens is 326 g/mol. The van der Waals surface area contributed by atoms with Crippen molar-refractivity contribution in [3.63, 3.8) is 0 Å². The zero-order valence-corrected chi connectivity index (χ0v) is 13.5. The van der Waals surface area contributed by atoms with Gasteiger partial charge >= 0.3 is 0 Å². The molecular formula is C14H20BrNO2S. The van der Waals surface area contributed by atoms with Crippen molar-refractivity contribution in [2.75, 3.05) is 6.54 Å². The van der Waals surface area contributed by atoms with Gasteiger partial charge in [-0.15, -0.1) is 0 Å². The SMILES string of the molecule is Cc1ccc(S(=O)(=O)NCC2CCCC(Br)C2)cc1. The van der Waals surface area contributed by atoms with Crippen LogP contribution in [0.3, 0.4) is 0 Å². The van der Waals surface area contributed by atoms with Gasteiger partial charge in [-0.25, -0.2) is 13.1 Å². The number of rotatable bonds is 4. The molecule has 2 rings (SSSR count). The van der Waals surface area contributed by atoms with Crippen molar-refractivity contribution >= 4 is 26.0 Å². The molecule has 0 radical (unpaired) electrons. The smallest absolute Gasteiger partial charge is 0.211 e. The second kappa shape index (κ2) is 6.37. The minimum atomic E-state index is -3.36. The summed E-state index contributed by atoms with van der Waals surface area (Å²) in [6, 6.07) is 6.96. The summed E-state index contributed by atoms with van der Waals surface area (Å²) in [7, 11) is -3.36. The molecule has 1 fully saturated rings. The topological polar surface area (TPSA) is 46.2 Å². The van der Waals surface area contributed by atoms with Crippen LogP contribution in [0.2, 0.25) is 0 Å². The van der Waals surface area contributed by atoms with Crippen molar-refractivity contribution in [1.29, 1.82) is 0 Å². The Bertz CT molecular complexity index is 513. The molecule has 19 heavy (non-hydrogen) atoms. The summed E-state index contributed by atoms with van der Waals surface area (Å²) >= 11 is 3.62. The number of alkyl halides is 1. The molecule has 5 heteroatoms. The summed E-state index contributed by atoms with van der Waals surface area (Å²) in [6.45, 7) is 2.49. The number of sulfonamides is 1. The Kier molecular flexibility index (Phi) is 5.03. The monoisotopic (exact) mass is 345 g/mol. The fourth-order valence-electron chi connectivity index (χ4n) is 2.44. The minimum absolute atomic E-state index is 0.351. The lowest BCUT2D eigenvalue weighted by atomic mass is 9.89. The highest BCUT2D eigenvalue weighted by molar-refractivity contribution is 9.09. The first kappa shape index (κ1) is 15.0. The first-order valence-electron chi connectivity index (χ1n) is 6.68. The van der Waals surface area contributed by atoms with E-state index in [-0.39, 0.29) is 0 Å². The first-order valence-corrected chi connectivity index (χ1v) is 9.07. The molecule has 1 saturated carbocycles. The summed E-state index contributed by atoms with van der Waals surface area (Å²) in [5.41, 5.74) is 1.06. The molecule has 3 nitrogen and oxygen atoms in total. The van der Waals surface area contributed by atoms with Crippen molar-refractivity contribution in [3.8, 4) is 0 Å². The summed E-state index contributed by atoms with van der Waals surface area (Å²) < 4.78 is 27.0. The lowest BCUT2D eigenvalue weighted by Crippen LogP contribution is -2.32. The molecule has 106 valence electrons. The molecule has 0 amide bonds. The summed E-state index contributed by atoms with van der Waals surface area (Å²) in [5.74, 6) is 0.443. The van der Waals surface area contributed by atoms with Crippen molar-refractivity contribution in [2.45, 2.75) is 42.3 Å². The Morgan fingerprint density at radius 3 is 2.58 bits per heavy atom. The van der Waals surface area contributed by atoms with Gasteiger partial charge in [-0.2, -0.15) is 0 Å². The summed E-state index contributed by atoms with van der Waals surface area (Å²) in [5, 5.41) is 0. The zero-order chi connectivity index (χ0) is 13.9. The van der Waals surface area contributed by atoms with E-state index in [4.69, 9.17) is 0 Å². The molecule has 1 aromatic rings. The van der Waals surface area contributed by atoms with Crippen LogP contribution in [0.4, 0.5) is 0 Å². The van der Waals surface area contributed by atoms with Crippen molar-refractivity contribution in [2.24, 2.45) is 5.92 Å². The van der Waals surface area contributed by atoms with E-state index >= 15 is 0 Å². The van der Waals surface area contributed by atoms with Gasteiger partial charge in [0.25, 0.3) is 0 Å². The molecule has 1 aliphatic rings. The lowest BCUT2D eigenvalue weighted by Gasteiger charge is -2.25. The van der Waals surface area contributed by atoms with Gasteiger partial charge in [0, 0.05) is 11.4 Å². The van der Waals surface area contributed by atoms with Crippen LogP contribution in [-0.2, 0) is 10.0 Å². The number of benzene rings is 1. The van der Waals surface area contributed by atoms with Crippen molar-refractivity contribution in [3.05, 3.63) is 29.8 Å². The van der Waals surface area contributed by atoms with Crippen LogP contribution in [-0.4, -0.2) is 19.8 Å². The van der Waals surface area contributed by atoms with Gasteiger partial charge in [0.15, 0.2) is 0 Å². The maximum absolute atomic E-state index is 12.1. The second-order valence-corrected chi connectivity index (χ2v) is 8.36. The first-order chi connectivity index (χ1) is 8.97.